The van der Waals surface area contributed by atoms with Crippen LogP contribution in [0.25, 0.3) is 10.8 Å². The van der Waals surface area contributed by atoms with E-state index in [1.165, 1.54) is 29.3 Å². The van der Waals surface area contributed by atoms with Crippen molar-refractivity contribution in [1.29, 1.82) is 0 Å². The highest BCUT2D eigenvalue weighted by molar-refractivity contribution is 9.10. The van der Waals surface area contributed by atoms with Crippen molar-refractivity contribution in [2.75, 3.05) is 18.4 Å². The summed E-state index contributed by atoms with van der Waals surface area (Å²) in [6, 6.07) is 13.4. The number of halogens is 1. The third kappa shape index (κ3) is 2.38. The predicted molar refractivity (Wildman–Crippen MR) is 81.2 cm³/mol. The van der Waals surface area contributed by atoms with Gasteiger partial charge in [0.15, 0.2) is 0 Å². The number of rotatable bonds is 2. The average Bonchev–Trinajstić information content (AvgIpc) is 2.44. The van der Waals surface area contributed by atoms with Gasteiger partial charge in [0.25, 0.3) is 0 Å². The molecule has 1 atom stereocenters. The zero-order valence-electron chi connectivity index (χ0n) is 10.2. The van der Waals surface area contributed by atoms with Gasteiger partial charge in [-0.05, 0) is 36.9 Å². The maximum Gasteiger partial charge on any atom is 0.0423 e. The van der Waals surface area contributed by atoms with Crippen molar-refractivity contribution in [1.82, 2.24) is 5.32 Å². The van der Waals surface area contributed by atoms with Gasteiger partial charge in [0.05, 0.1) is 0 Å². The molecule has 18 heavy (non-hydrogen) atoms. The topological polar surface area (TPSA) is 24.1 Å². The molecule has 2 nitrogen and oxygen atoms in total. The molecule has 0 aromatic heterocycles. The first-order valence-corrected chi connectivity index (χ1v) is 7.28. The van der Waals surface area contributed by atoms with Gasteiger partial charge < -0.3 is 10.6 Å². The van der Waals surface area contributed by atoms with Crippen LogP contribution >= 0.6 is 15.9 Å². The van der Waals surface area contributed by atoms with E-state index in [9.17, 15) is 0 Å². The van der Waals surface area contributed by atoms with Crippen LogP contribution in [0.5, 0.6) is 0 Å². The van der Waals surface area contributed by atoms with Gasteiger partial charge in [-0.15, -0.1) is 0 Å². The molecule has 1 aliphatic heterocycles. The summed E-state index contributed by atoms with van der Waals surface area (Å²) < 4.78 is 1.16. The molecule has 2 aromatic carbocycles. The number of piperidine rings is 1. The van der Waals surface area contributed by atoms with Gasteiger partial charge in [0.2, 0.25) is 0 Å². The summed E-state index contributed by atoms with van der Waals surface area (Å²) in [5.74, 6) is 0. The lowest BCUT2D eigenvalue weighted by atomic mass is 10.0. The Morgan fingerprint density at radius 3 is 2.72 bits per heavy atom. The molecular weight excluding hydrogens is 288 g/mol. The fourth-order valence-corrected chi connectivity index (χ4v) is 3.06. The lowest BCUT2D eigenvalue weighted by Crippen LogP contribution is -2.38. The summed E-state index contributed by atoms with van der Waals surface area (Å²) in [5.41, 5.74) is 1.24. The quantitative estimate of drug-likeness (QED) is 0.882. The summed E-state index contributed by atoms with van der Waals surface area (Å²) >= 11 is 3.62. The van der Waals surface area contributed by atoms with Gasteiger partial charge in [0.1, 0.15) is 0 Å². The van der Waals surface area contributed by atoms with Crippen LogP contribution in [-0.4, -0.2) is 19.1 Å². The zero-order chi connectivity index (χ0) is 12.4. The highest BCUT2D eigenvalue weighted by Gasteiger charge is 2.13. The fraction of sp³-hybridized carbons (Fsp3) is 0.333. The number of hydrogen-bond donors (Lipinski definition) is 2. The van der Waals surface area contributed by atoms with Crippen molar-refractivity contribution >= 4 is 32.4 Å². The molecule has 0 bridgehead atoms. The largest absolute Gasteiger partial charge is 0.381 e. The molecule has 1 fully saturated rings. The summed E-state index contributed by atoms with van der Waals surface area (Å²) in [6.45, 7) is 2.21. The molecule has 0 radical (unpaired) electrons. The Morgan fingerprint density at radius 2 is 1.94 bits per heavy atom. The van der Waals surface area contributed by atoms with E-state index in [4.69, 9.17) is 0 Å². The smallest absolute Gasteiger partial charge is 0.0423 e. The Labute approximate surface area is 116 Å². The molecule has 2 aromatic rings. The molecule has 1 heterocycles. The first kappa shape index (κ1) is 12.0. The van der Waals surface area contributed by atoms with Crippen LogP contribution in [0.15, 0.2) is 40.9 Å². The number of hydrogen-bond acceptors (Lipinski definition) is 2. The lowest BCUT2D eigenvalue weighted by molar-refractivity contribution is 0.480. The molecule has 0 amide bonds. The molecule has 2 N–H and O–H groups in total. The van der Waals surface area contributed by atoms with Crippen LogP contribution in [0.2, 0.25) is 0 Å². The van der Waals surface area contributed by atoms with Gasteiger partial charge in [-0.25, -0.2) is 0 Å². The molecule has 0 aliphatic carbocycles. The van der Waals surface area contributed by atoms with Crippen molar-refractivity contribution in [2.24, 2.45) is 0 Å². The minimum absolute atomic E-state index is 0.545. The maximum atomic E-state index is 3.67. The Morgan fingerprint density at radius 1 is 1.11 bits per heavy atom. The SMILES string of the molecule is Brc1ccc(NC2CCCNC2)c2ccccc12. The zero-order valence-corrected chi connectivity index (χ0v) is 11.8. The second-order valence-corrected chi connectivity index (χ2v) is 5.68. The van der Waals surface area contributed by atoms with Gasteiger partial charge >= 0.3 is 0 Å². The molecule has 3 rings (SSSR count). The Balaban J connectivity index is 1.94. The first-order chi connectivity index (χ1) is 8.84. The maximum absolute atomic E-state index is 3.67. The van der Waals surface area contributed by atoms with Crippen molar-refractivity contribution in [2.45, 2.75) is 18.9 Å². The predicted octanol–water partition coefficient (Wildman–Crippen LogP) is 3.77. The summed E-state index contributed by atoms with van der Waals surface area (Å²) in [4.78, 5) is 0. The minimum atomic E-state index is 0.545. The highest BCUT2D eigenvalue weighted by Crippen LogP contribution is 2.30. The van der Waals surface area contributed by atoms with Crippen molar-refractivity contribution in [3.63, 3.8) is 0 Å². The van der Waals surface area contributed by atoms with E-state index < -0.39 is 0 Å². The van der Waals surface area contributed by atoms with Crippen LogP contribution < -0.4 is 10.6 Å². The van der Waals surface area contributed by atoms with Crippen molar-refractivity contribution < 1.29 is 0 Å². The molecular formula is C15H17BrN2. The van der Waals surface area contributed by atoms with Crippen LogP contribution in [0.1, 0.15) is 12.8 Å². The highest BCUT2D eigenvalue weighted by atomic mass is 79.9. The minimum Gasteiger partial charge on any atom is -0.381 e. The second-order valence-electron chi connectivity index (χ2n) is 4.83. The molecule has 0 spiro atoms. The molecule has 94 valence electrons. The van der Waals surface area contributed by atoms with Crippen LogP contribution in [0.3, 0.4) is 0 Å². The third-order valence-corrected chi connectivity index (χ3v) is 4.22. The van der Waals surface area contributed by atoms with Crippen LogP contribution in [-0.2, 0) is 0 Å². The Hall–Kier alpha value is -1.06. The molecule has 1 saturated heterocycles. The van der Waals surface area contributed by atoms with E-state index in [2.05, 4.69) is 63.0 Å². The standard InChI is InChI=1S/C15H17BrN2/c16-14-7-8-15(13-6-2-1-5-12(13)14)18-11-4-3-9-17-10-11/h1-2,5-8,11,17-18H,3-4,9-10H2. The van der Waals surface area contributed by atoms with E-state index in [-0.39, 0.29) is 0 Å². The first-order valence-electron chi connectivity index (χ1n) is 6.49. The van der Waals surface area contributed by atoms with E-state index in [1.54, 1.807) is 0 Å². The average molecular weight is 305 g/mol. The Bertz CT molecular complexity index is 547. The van der Waals surface area contributed by atoms with Crippen molar-refractivity contribution in [3.8, 4) is 0 Å². The van der Waals surface area contributed by atoms with E-state index >= 15 is 0 Å². The van der Waals surface area contributed by atoms with E-state index in [1.807, 2.05) is 0 Å². The lowest BCUT2D eigenvalue weighted by Gasteiger charge is -2.25. The number of benzene rings is 2. The van der Waals surface area contributed by atoms with Gasteiger partial charge in [-0.3, -0.25) is 0 Å². The molecule has 3 heteroatoms. The number of nitrogens with one attached hydrogen (secondary N) is 2. The number of anilines is 1. The summed E-state index contributed by atoms with van der Waals surface area (Å²) in [5, 5.41) is 9.67. The van der Waals surface area contributed by atoms with Gasteiger partial charge in [-0.1, -0.05) is 40.2 Å². The molecule has 1 unspecified atom stereocenters. The fourth-order valence-electron chi connectivity index (χ4n) is 2.58. The van der Waals surface area contributed by atoms with Gasteiger partial charge in [-0.2, -0.15) is 0 Å². The monoisotopic (exact) mass is 304 g/mol. The van der Waals surface area contributed by atoms with Gasteiger partial charge in [0, 0.05) is 28.1 Å². The molecule has 0 saturated carbocycles. The van der Waals surface area contributed by atoms with Crippen LogP contribution in [0.4, 0.5) is 5.69 Å². The third-order valence-electron chi connectivity index (χ3n) is 3.53. The Kier molecular flexibility index (Phi) is 3.52. The second kappa shape index (κ2) is 5.29. The summed E-state index contributed by atoms with van der Waals surface area (Å²) in [6.07, 6.45) is 2.50. The van der Waals surface area contributed by atoms with E-state index in [0.29, 0.717) is 6.04 Å². The molecule has 1 aliphatic rings. The van der Waals surface area contributed by atoms with E-state index in [0.717, 1.165) is 17.6 Å². The normalized spacial score (nSPS) is 19.9. The number of fused-ring (bicyclic) bond motifs is 1. The van der Waals surface area contributed by atoms with Crippen molar-refractivity contribution in [3.05, 3.63) is 40.9 Å². The summed E-state index contributed by atoms with van der Waals surface area (Å²) in [7, 11) is 0. The van der Waals surface area contributed by atoms with Crippen LogP contribution in [0, 0.1) is 0 Å².